The summed E-state index contributed by atoms with van der Waals surface area (Å²) < 4.78 is 0. The van der Waals surface area contributed by atoms with Gasteiger partial charge in [0.1, 0.15) is 0 Å². The Bertz CT molecular complexity index is 313. The molecule has 74 valence electrons. The number of hydrogen-bond acceptors (Lipinski definition) is 1. The summed E-state index contributed by atoms with van der Waals surface area (Å²) in [4.78, 5) is 4.76. The molecule has 1 heteroatoms. The van der Waals surface area contributed by atoms with Crippen LogP contribution in [0.5, 0.6) is 0 Å². The van der Waals surface area contributed by atoms with E-state index in [1.165, 1.54) is 30.5 Å². The maximum Gasteiger partial charge on any atom is 0.0506 e. The van der Waals surface area contributed by atoms with E-state index in [1.54, 1.807) is 0 Å². The molecule has 0 spiro atoms. The lowest BCUT2D eigenvalue weighted by Gasteiger charge is -2.01. The highest BCUT2D eigenvalue weighted by molar-refractivity contribution is 6.01. The van der Waals surface area contributed by atoms with Crippen LogP contribution in [-0.4, -0.2) is 11.8 Å². The van der Waals surface area contributed by atoms with Gasteiger partial charge in [0.15, 0.2) is 0 Å². The lowest BCUT2D eigenvalue weighted by atomic mass is 10.1. The summed E-state index contributed by atoms with van der Waals surface area (Å²) in [5, 5.41) is 0. The van der Waals surface area contributed by atoms with Crippen molar-refractivity contribution in [3.63, 3.8) is 0 Å². The Morgan fingerprint density at radius 3 is 2.79 bits per heavy atom. The van der Waals surface area contributed by atoms with Crippen molar-refractivity contribution in [1.82, 2.24) is 0 Å². The summed E-state index contributed by atoms with van der Waals surface area (Å²) in [6.45, 7) is 2.23. The summed E-state index contributed by atoms with van der Waals surface area (Å²) in [7, 11) is 0. The smallest absolute Gasteiger partial charge is 0.0506 e. The van der Waals surface area contributed by atoms with Crippen molar-refractivity contribution in [1.29, 1.82) is 0 Å². The van der Waals surface area contributed by atoms with Crippen LogP contribution in [0.3, 0.4) is 0 Å². The number of benzene rings is 1. The Kier molecular flexibility index (Phi) is 2.97. The van der Waals surface area contributed by atoms with Crippen molar-refractivity contribution in [3.8, 4) is 0 Å². The fourth-order valence-electron chi connectivity index (χ4n) is 2.04. The molecule has 0 bridgehead atoms. The predicted molar refractivity (Wildman–Crippen MR) is 60.9 cm³/mol. The molecule has 1 aliphatic heterocycles. The minimum atomic E-state index is 0.593. The second kappa shape index (κ2) is 4.41. The molecule has 0 saturated carbocycles. The van der Waals surface area contributed by atoms with Gasteiger partial charge < -0.3 is 0 Å². The summed E-state index contributed by atoms with van der Waals surface area (Å²) in [5.41, 5.74) is 2.62. The third-order valence-electron chi connectivity index (χ3n) is 2.78. The van der Waals surface area contributed by atoms with Gasteiger partial charge in [-0.3, -0.25) is 4.99 Å². The molecule has 0 fully saturated rings. The van der Waals surface area contributed by atoms with Crippen molar-refractivity contribution < 1.29 is 0 Å². The molecule has 1 unspecified atom stereocenters. The topological polar surface area (TPSA) is 12.4 Å². The quantitative estimate of drug-likeness (QED) is 0.687. The molecule has 14 heavy (non-hydrogen) atoms. The minimum absolute atomic E-state index is 0.593. The van der Waals surface area contributed by atoms with Gasteiger partial charge in [-0.2, -0.15) is 0 Å². The first-order chi connectivity index (χ1) is 6.90. The van der Waals surface area contributed by atoms with E-state index in [0.717, 1.165) is 6.42 Å². The first-order valence-corrected chi connectivity index (χ1v) is 5.52. The SMILES string of the molecule is CCCC1CCC(c2ccccc2)=N1. The van der Waals surface area contributed by atoms with Gasteiger partial charge in [0.25, 0.3) is 0 Å². The van der Waals surface area contributed by atoms with Gasteiger partial charge in [-0.1, -0.05) is 43.7 Å². The van der Waals surface area contributed by atoms with Crippen LogP contribution in [0.4, 0.5) is 0 Å². The van der Waals surface area contributed by atoms with Gasteiger partial charge in [0, 0.05) is 5.71 Å². The molecule has 0 aliphatic carbocycles. The zero-order valence-corrected chi connectivity index (χ0v) is 8.74. The molecule has 1 heterocycles. The van der Waals surface area contributed by atoms with Crippen LogP contribution in [0.15, 0.2) is 35.3 Å². The normalized spacial score (nSPS) is 20.9. The summed E-state index contributed by atoms with van der Waals surface area (Å²) in [5.74, 6) is 0. The van der Waals surface area contributed by atoms with Crippen LogP contribution in [0.1, 0.15) is 38.2 Å². The van der Waals surface area contributed by atoms with Crippen LogP contribution >= 0.6 is 0 Å². The summed E-state index contributed by atoms with van der Waals surface area (Å²) in [6.07, 6.45) is 4.90. The standard InChI is InChI=1S/C13H17N/c1-2-6-12-9-10-13(14-12)11-7-4-3-5-8-11/h3-5,7-8,12H,2,6,9-10H2,1H3. The maximum atomic E-state index is 4.76. The molecule has 1 nitrogen and oxygen atoms in total. The van der Waals surface area contributed by atoms with Gasteiger partial charge in [-0.25, -0.2) is 0 Å². The van der Waals surface area contributed by atoms with Gasteiger partial charge in [-0.05, 0) is 24.8 Å². The Labute approximate surface area is 85.9 Å². The highest BCUT2D eigenvalue weighted by Crippen LogP contribution is 2.21. The molecule has 0 saturated heterocycles. The lowest BCUT2D eigenvalue weighted by Crippen LogP contribution is -1.97. The molecular weight excluding hydrogens is 170 g/mol. The van der Waals surface area contributed by atoms with Crippen LogP contribution in [0.25, 0.3) is 0 Å². The van der Waals surface area contributed by atoms with Gasteiger partial charge in [-0.15, -0.1) is 0 Å². The highest BCUT2D eigenvalue weighted by Gasteiger charge is 2.16. The van der Waals surface area contributed by atoms with Crippen molar-refractivity contribution in [2.24, 2.45) is 4.99 Å². The Morgan fingerprint density at radius 1 is 1.29 bits per heavy atom. The fraction of sp³-hybridized carbons (Fsp3) is 0.462. The first kappa shape index (κ1) is 9.45. The molecular formula is C13H17N. The molecule has 0 N–H and O–H groups in total. The Balaban J connectivity index is 2.10. The molecule has 1 aromatic carbocycles. The second-order valence-corrected chi connectivity index (χ2v) is 3.92. The van der Waals surface area contributed by atoms with E-state index in [9.17, 15) is 0 Å². The summed E-state index contributed by atoms with van der Waals surface area (Å²) in [6, 6.07) is 11.1. The highest BCUT2D eigenvalue weighted by atomic mass is 14.8. The van der Waals surface area contributed by atoms with Gasteiger partial charge in [0.2, 0.25) is 0 Å². The van der Waals surface area contributed by atoms with Crippen LogP contribution < -0.4 is 0 Å². The van der Waals surface area contributed by atoms with Crippen molar-refractivity contribution in [3.05, 3.63) is 35.9 Å². The third kappa shape index (κ3) is 2.03. The first-order valence-electron chi connectivity index (χ1n) is 5.52. The summed E-state index contributed by atoms with van der Waals surface area (Å²) >= 11 is 0. The fourth-order valence-corrected chi connectivity index (χ4v) is 2.04. The zero-order valence-electron chi connectivity index (χ0n) is 8.74. The molecule has 1 aliphatic rings. The predicted octanol–water partition coefficient (Wildman–Crippen LogP) is 3.44. The number of nitrogens with zero attached hydrogens (tertiary/aromatic N) is 1. The van der Waals surface area contributed by atoms with Crippen molar-refractivity contribution in [2.75, 3.05) is 0 Å². The van der Waals surface area contributed by atoms with Crippen molar-refractivity contribution in [2.45, 2.75) is 38.6 Å². The Hall–Kier alpha value is -1.11. The van der Waals surface area contributed by atoms with E-state index in [1.807, 2.05) is 0 Å². The number of aliphatic imine (C=N–C) groups is 1. The average Bonchev–Trinajstić information content (AvgIpc) is 2.68. The van der Waals surface area contributed by atoms with E-state index in [4.69, 9.17) is 4.99 Å². The molecule has 0 aromatic heterocycles. The zero-order chi connectivity index (χ0) is 9.80. The largest absolute Gasteiger partial charge is 0.286 e. The van der Waals surface area contributed by atoms with Crippen LogP contribution in [0, 0.1) is 0 Å². The number of rotatable bonds is 3. The molecule has 1 atom stereocenters. The average molecular weight is 187 g/mol. The van der Waals surface area contributed by atoms with Gasteiger partial charge in [0.05, 0.1) is 6.04 Å². The Morgan fingerprint density at radius 2 is 2.07 bits per heavy atom. The number of hydrogen-bond donors (Lipinski definition) is 0. The van der Waals surface area contributed by atoms with Gasteiger partial charge >= 0.3 is 0 Å². The van der Waals surface area contributed by atoms with E-state index < -0.39 is 0 Å². The van der Waals surface area contributed by atoms with E-state index in [-0.39, 0.29) is 0 Å². The second-order valence-electron chi connectivity index (χ2n) is 3.92. The van der Waals surface area contributed by atoms with E-state index in [0.29, 0.717) is 6.04 Å². The monoisotopic (exact) mass is 187 g/mol. The van der Waals surface area contributed by atoms with E-state index in [2.05, 4.69) is 37.3 Å². The lowest BCUT2D eigenvalue weighted by molar-refractivity contribution is 0.604. The van der Waals surface area contributed by atoms with E-state index >= 15 is 0 Å². The molecule has 0 amide bonds. The van der Waals surface area contributed by atoms with Crippen LogP contribution in [-0.2, 0) is 0 Å². The minimum Gasteiger partial charge on any atom is -0.286 e. The molecule has 0 radical (unpaired) electrons. The van der Waals surface area contributed by atoms with Crippen molar-refractivity contribution >= 4 is 5.71 Å². The van der Waals surface area contributed by atoms with Crippen LogP contribution in [0.2, 0.25) is 0 Å². The third-order valence-corrected chi connectivity index (χ3v) is 2.78. The molecule has 2 rings (SSSR count). The molecule has 1 aromatic rings. The maximum absolute atomic E-state index is 4.76.